The van der Waals surface area contributed by atoms with E-state index in [2.05, 4.69) is 0 Å². The minimum Gasteiger partial charge on any atom is -0.390 e. The number of hydrogen-bond donors (Lipinski definition) is 2. The Morgan fingerprint density at radius 3 is 1.93 bits per heavy atom. The Morgan fingerprint density at radius 1 is 1.00 bits per heavy atom. The zero-order valence-corrected chi connectivity index (χ0v) is 9.69. The van der Waals surface area contributed by atoms with Crippen LogP contribution < -0.4 is 0 Å². The van der Waals surface area contributed by atoms with Crippen molar-refractivity contribution in [3.8, 4) is 0 Å². The molecule has 1 heterocycles. The van der Waals surface area contributed by atoms with Gasteiger partial charge in [-0.2, -0.15) is 0 Å². The lowest BCUT2D eigenvalue weighted by Crippen LogP contribution is -2.56. The SMILES string of the molecule is CC1OC(C(C)(C)C)C(O)C(O)C1C. The van der Waals surface area contributed by atoms with Crippen LogP contribution in [0, 0.1) is 11.3 Å². The molecule has 0 aromatic heterocycles. The van der Waals surface area contributed by atoms with E-state index >= 15 is 0 Å². The minimum atomic E-state index is -0.777. The lowest BCUT2D eigenvalue weighted by molar-refractivity contribution is -0.218. The highest BCUT2D eigenvalue weighted by molar-refractivity contribution is 4.93. The first kappa shape index (κ1) is 12.0. The summed E-state index contributed by atoms with van der Waals surface area (Å²) in [6.07, 6.45) is -1.74. The molecule has 1 aliphatic rings. The van der Waals surface area contributed by atoms with Gasteiger partial charge in [0.1, 0.15) is 6.10 Å². The van der Waals surface area contributed by atoms with E-state index in [0.29, 0.717) is 0 Å². The molecule has 2 N–H and O–H groups in total. The molecular formula is C11H22O3. The quantitative estimate of drug-likeness (QED) is 0.620. The number of hydrogen-bond acceptors (Lipinski definition) is 3. The van der Waals surface area contributed by atoms with E-state index in [1.807, 2.05) is 34.6 Å². The number of ether oxygens (including phenoxy) is 1. The van der Waals surface area contributed by atoms with Gasteiger partial charge in [-0.1, -0.05) is 27.7 Å². The first-order chi connectivity index (χ1) is 6.25. The lowest BCUT2D eigenvalue weighted by Gasteiger charge is -2.45. The van der Waals surface area contributed by atoms with Gasteiger partial charge in [-0.3, -0.25) is 0 Å². The number of aliphatic hydroxyl groups excluding tert-OH is 2. The van der Waals surface area contributed by atoms with Crippen LogP contribution in [-0.2, 0) is 4.74 Å². The molecule has 1 aliphatic heterocycles. The van der Waals surface area contributed by atoms with Gasteiger partial charge >= 0.3 is 0 Å². The Hall–Kier alpha value is -0.120. The molecule has 0 aromatic rings. The van der Waals surface area contributed by atoms with Gasteiger partial charge in [0.2, 0.25) is 0 Å². The summed E-state index contributed by atoms with van der Waals surface area (Å²) in [5.74, 6) is -0.0106. The Labute approximate surface area is 86.1 Å². The van der Waals surface area contributed by atoms with Crippen molar-refractivity contribution in [3.63, 3.8) is 0 Å². The standard InChI is InChI=1S/C11H22O3/c1-6-7(2)14-10(11(3,4)5)9(13)8(6)12/h6-10,12-13H,1-5H3. The van der Waals surface area contributed by atoms with Gasteiger partial charge in [-0.25, -0.2) is 0 Å². The second kappa shape index (κ2) is 3.80. The van der Waals surface area contributed by atoms with Crippen molar-refractivity contribution >= 4 is 0 Å². The molecule has 5 unspecified atom stereocenters. The van der Waals surface area contributed by atoms with Gasteiger partial charge in [0, 0.05) is 5.92 Å². The van der Waals surface area contributed by atoms with Gasteiger partial charge in [0.15, 0.2) is 0 Å². The number of aliphatic hydroxyl groups is 2. The van der Waals surface area contributed by atoms with E-state index in [1.54, 1.807) is 0 Å². The fraction of sp³-hybridized carbons (Fsp3) is 1.00. The second-order valence-corrected chi connectivity index (χ2v) is 5.47. The second-order valence-electron chi connectivity index (χ2n) is 5.47. The van der Waals surface area contributed by atoms with Crippen molar-refractivity contribution in [2.75, 3.05) is 0 Å². The van der Waals surface area contributed by atoms with Crippen LogP contribution in [0.2, 0.25) is 0 Å². The van der Waals surface area contributed by atoms with Crippen molar-refractivity contribution in [1.82, 2.24) is 0 Å². The molecule has 14 heavy (non-hydrogen) atoms. The lowest BCUT2D eigenvalue weighted by atomic mass is 9.78. The summed E-state index contributed by atoms with van der Waals surface area (Å²) in [5, 5.41) is 19.7. The van der Waals surface area contributed by atoms with Crippen LogP contribution in [0.25, 0.3) is 0 Å². The average molecular weight is 202 g/mol. The molecule has 0 radical (unpaired) electrons. The largest absolute Gasteiger partial charge is 0.390 e. The van der Waals surface area contributed by atoms with E-state index in [-0.39, 0.29) is 23.5 Å². The third kappa shape index (κ3) is 2.10. The Kier molecular flexibility index (Phi) is 3.24. The van der Waals surface area contributed by atoms with E-state index in [0.717, 1.165) is 0 Å². The highest BCUT2D eigenvalue weighted by atomic mass is 16.5. The van der Waals surface area contributed by atoms with Gasteiger partial charge in [-0.05, 0) is 12.3 Å². The summed E-state index contributed by atoms with van der Waals surface area (Å²) >= 11 is 0. The third-order valence-corrected chi connectivity index (χ3v) is 3.15. The third-order valence-electron chi connectivity index (χ3n) is 3.15. The molecule has 0 saturated carbocycles. The van der Waals surface area contributed by atoms with E-state index in [4.69, 9.17) is 4.74 Å². The maximum absolute atomic E-state index is 9.89. The monoisotopic (exact) mass is 202 g/mol. The summed E-state index contributed by atoms with van der Waals surface area (Å²) in [4.78, 5) is 0. The molecule has 1 saturated heterocycles. The van der Waals surface area contributed by atoms with Crippen LogP contribution in [0.3, 0.4) is 0 Å². The fourth-order valence-electron chi connectivity index (χ4n) is 1.92. The molecule has 1 rings (SSSR count). The topological polar surface area (TPSA) is 49.7 Å². The van der Waals surface area contributed by atoms with Gasteiger partial charge in [0.05, 0.1) is 18.3 Å². The van der Waals surface area contributed by atoms with Crippen molar-refractivity contribution in [2.45, 2.75) is 59.0 Å². The average Bonchev–Trinajstić information content (AvgIpc) is 2.06. The summed E-state index contributed by atoms with van der Waals surface area (Å²) in [5.41, 5.74) is -0.144. The highest BCUT2D eigenvalue weighted by Gasteiger charge is 2.44. The zero-order chi connectivity index (χ0) is 11.1. The maximum Gasteiger partial charge on any atom is 0.107 e. The maximum atomic E-state index is 9.89. The van der Waals surface area contributed by atoms with Crippen molar-refractivity contribution in [1.29, 1.82) is 0 Å². The predicted octanol–water partition coefficient (Wildman–Crippen LogP) is 1.18. The Morgan fingerprint density at radius 2 is 1.50 bits per heavy atom. The molecular weight excluding hydrogens is 180 g/mol. The molecule has 0 aliphatic carbocycles. The highest BCUT2D eigenvalue weighted by Crippen LogP contribution is 2.34. The van der Waals surface area contributed by atoms with Crippen molar-refractivity contribution in [3.05, 3.63) is 0 Å². The summed E-state index contributed by atoms with van der Waals surface area (Å²) in [6.45, 7) is 9.87. The smallest absolute Gasteiger partial charge is 0.107 e. The number of rotatable bonds is 0. The van der Waals surface area contributed by atoms with Crippen LogP contribution in [0.4, 0.5) is 0 Å². The van der Waals surface area contributed by atoms with E-state index < -0.39 is 12.2 Å². The first-order valence-corrected chi connectivity index (χ1v) is 5.26. The first-order valence-electron chi connectivity index (χ1n) is 5.26. The minimum absolute atomic E-state index is 0.00220. The normalized spacial score (nSPS) is 45.2. The van der Waals surface area contributed by atoms with Crippen LogP contribution in [0.5, 0.6) is 0 Å². The predicted molar refractivity (Wildman–Crippen MR) is 55.0 cm³/mol. The van der Waals surface area contributed by atoms with Crippen molar-refractivity contribution < 1.29 is 14.9 Å². The summed E-state index contributed by atoms with van der Waals surface area (Å²) in [6, 6.07) is 0. The Balaban J connectivity index is 2.81. The summed E-state index contributed by atoms with van der Waals surface area (Å²) < 4.78 is 5.74. The van der Waals surface area contributed by atoms with Gasteiger partial charge in [-0.15, -0.1) is 0 Å². The molecule has 84 valence electrons. The molecule has 0 spiro atoms. The van der Waals surface area contributed by atoms with Crippen LogP contribution >= 0.6 is 0 Å². The van der Waals surface area contributed by atoms with Crippen LogP contribution in [0.1, 0.15) is 34.6 Å². The molecule has 0 bridgehead atoms. The Bertz CT molecular complexity index is 197. The molecule has 3 heteroatoms. The molecule has 1 fully saturated rings. The van der Waals surface area contributed by atoms with Crippen LogP contribution in [-0.4, -0.2) is 34.6 Å². The molecule has 0 aromatic carbocycles. The fourth-order valence-corrected chi connectivity index (χ4v) is 1.92. The zero-order valence-electron chi connectivity index (χ0n) is 9.69. The van der Waals surface area contributed by atoms with Gasteiger partial charge < -0.3 is 14.9 Å². The van der Waals surface area contributed by atoms with E-state index in [1.165, 1.54) is 0 Å². The summed E-state index contributed by atoms with van der Waals surface area (Å²) in [7, 11) is 0. The molecule has 3 nitrogen and oxygen atoms in total. The molecule has 5 atom stereocenters. The van der Waals surface area contributed by atoms with E-state index in [9.17, 15) is 10.2 Å². The van der Waals surface area contributed by atoms with Crippen molar-refractivity contribution in [2.24, 2.45) is 11.3 Å². The van der Waals surface area contributed by atoms with Crippen LogP contribution in [0.15, 0.2) is 0 Å². The molecule has 0 amide bonds. The van der Waals surface area contributed by atoms with Gasteiger partial charge in [0.25, 0.3) is 0 Å².